The van der Waals surface area contributed by atoms with Crippen LogP contribution in [0.5, 0.6) is 0 Å². The normalized spacial score (nSPS) is 32.6. The van der Waals surface area contributed by atoms with Crippen molar-refractivity contribution in [1.82, 2.24) is 20.3 Å². The molecule has 3 aliphatic rings. The fraction of sp³-hybridized carbons (Fsp3) is 0.500. The van der Waals surface area contributed by atoms with E-state index in [1.165, 1.54) is 0 Å². The molecule has 3 heterocycles. The molecule has 5 atom stereocenters. The SMILES string of the molecule is NC(=O)[C@H]1C2C=C[C@@H]2[C@H]1Nc1c(Cl)cnc2nc(C3CCCNC3)[nH]c12. The van der Waals surface area contributed by atoms with Crippen molar-refractivity contribution in [3.8, 4) is 0 Å². The van der Waals surface area contributed by atoms with Gasteiger partial charge in [-0.25, -0.2) is 9.97 Å². The molecule has 2 aliphatic carbocycles. The third-order valence-corrected chi connectivity index (χ3v) is 6.32. The van der Waals surface area contributed by atoms with Crippen LogP contribution in [0.2, 0.25) is 5.02 Å². The molecule has 0 bridgehead atoms. The second-order valence-corrected chi connectivity index (χ2v) is 7.89. The van der Waals surface area contributed by atoms with Gasteiger partial charge in [-0.05, 0) is 25.3 Å². The van der Waals surface area contributed by atoms with E-state index in [9.17, 15) is 4.79 Å². The maximum Gasteiger partial charge on any atom is 0.223 e. The fourth-order valence-corrected chi connectivity index (χ4v) is 4.71. The number of halogens is 1. The number of imidazole rings is 1. The smallest absolute Gasteiger partial charge is 0.223 e. The summed E-state index contributed by atoms with van der Waals surface area (Å²) < 4.78 is 0. The molecule has 5 N–H and O–H groups in total. The van der Waals surface area contributed by atoms with E-state index in [2.05, 4.69) is 37.7 Å². The Bertz CT molecular complexity index is 902. The number of hydrogen-bond acceptors (Lipinski definition) is 5. The second-order valence-electron chi connectivity index (χ2n) is 7.48. The summed E-state index contributed by atoms with van der Waals surface area (Å²) in [6, 6.07) is -0.0336. The molecule has 1 aliphatic heterocycles. The zero-order valence-corrected chi connectivity index (χ0v) is 15.0. The Hall–Kier alpha value is -2.12. The predicted octanol–water partition coefficient (Wildman–Crippen LogP) is 1.78. The third kappa shape index (κ3) is 2.34. The number of carbonyl (C=O) groups excluding carboxylic acids is 1. The van der Waals surface area contributed by atoms with Gasteiger partial charge in [0.1, 0.15) is 11.3 Å². The van der Waals surface area contributed by atoms with Crippen LogP contribution >= 0.6 is 11.6 Å². The number of aromatic amines is 1. The number of aromatic nitrogens is 3. The largest absolute Gasteiger partial charge is 0.378 e. The van der Waals surface area contributed by atoms with Crippen molar-refractivity contribution < 1.29 is 4.79 Å². The van der Waals surface area contributed by atoms with Crippen molar-refractivity contribution in [1.29, 1.82) is 0 Å². The van der Waals surface area contributed by atoms with E-state index in [0.29, 0.717) is 22.5 Å². The summed E-state index contributed by atoms with van der Waals surface area (Å²) in [6.45, 7) is 1.97. The first kappa shape index (κ1) is 16.1. The Morgan fingerprint density at radius 1 is 1.35 bits per heavy atom. The second kappa shape index (κ2) is 5.96. The van der Waals surface area contributed by atoms with E-state index < -0.39 is 0 Å². The number of primary amides is 1. The van der Waals surface area contributed by atoms with Crippen LogP contribution in [0.3, 0.4) is 0 Å². The summed E-state index contributed by atoms with van der Waals surface area (Å²) in [5, 5.41) is 7.39. The first-order valence-corrected chi connectivity index (χ1v) is 9.50. The quantitative estimate of drug-likeness (QED) is 0.612. The van der Waals surface area contributed by atoms with Crippen molar-refractivity contribution in [3.63, 3.8) is 0 Å². The van der Waals surface area contributed by atoms with Gasteiger partial charge < -0.3 is 21.4 Å². The summed E-state index contributed by atoms with van der Waals surface area (Å²) in [4.78, 5) is 24.3. The molecule has 26 heavy (non-hydrogen) atoms. The Balaban J connectivity index is 1.48. The summed E-state index contributed by atoms with van der Waals surface area (Å²) in [6.07, 6.45) is 8.04. The fourth-order valence-electron chi connectivity index (χ4n) is 4.51. The summed E-state index contributed by atoms with van der Waals surface area (Å²) in [7, 11) is 0. The standard InChI is InChI=1S/C18H21ClN6O/c19-11-7-22-18-15(24-17(25-18)8-2-1-5-21-6-8)14(11)23-13-10-4-3-9(10)12(13)16(20)26/h3-4,7-10,12-13,21H,1-2,5-6H2,(H2,20,26)(H2,22,23,24,25)/t8?,9?,10-,12-,13+/m0/s1. The zero-order valence-electron chi connectivity index (χ0n) is 14.2. The van der Waals surface area contributed by atoms with Crippen molar-refractivity contribution in [2.45, 2.75) is 24.8 Å². The van der Waals surface area contributed by atoms with E-state index in [4.69, 9.17) is 17.3 Å². The number of piperidine rings is 1. The van der Waals surface area contributed by atoms with E-state index in [1.54, 1.807) is 6.20 Å². The molecule has 5 rings (SSSR count). The number of nitrogens with one attached hydrogen (secondary N) is 3. The number of hydrogen-bond donors (Lipinski definition) is 4. The Labute approximate surface area is 155 Å². The molecular formula is C18H21ClN6O. The van der Waals surface area contributed by atoms with Gasteiger partial charge in [-0.1, -0.05) is 23.8 Å². The zero-order chi connectivity index (χ0) is 17.8. The molecule has 1 saturated carbocycles. The Morgan fingerprint density at radius 2 is 2.19 bits per heavy atom. The van der Waals surface area contributed by atoms with Gasteiger partial charge in [0.15, 0.2) is 5.65 Å². The van der Waals surface area contributed by atoms with Crippen molar-refractivity contribution in [2.75, 3.05) is 18.4 Å². The van der Waals surface area contributed by atoms with Crippen LogP contribution in [-0.4, -0.2) is 40.0 Å². The molecule has 8 heteroatoms. The van der Waals surface area contributed by atoms with Gasteiger partial charge >= 0.3 is 0 Å². The van der Waals surface area contributed by atoms with Gasteiger partial charge in [0, 0.05) is 24.4 Å². The number of rotatable bonds is 4. The number of amides is 1. The highest BCUT2D eigenvalue weighted by Crippen LogP contribution is 2.50. The highest BCUT2D eigenvalue weighted by Gasteiger charge is 2.54. The van der Waals surface area contributed by atoms with Gasteiger partial charge in [0.25, 0.3) is 0 Å². The van der Waals surface area contributed by atoms with Gasteiger partial charge in [0.05, 0.1) is 22.8 Å². The van der Waals surface area contributed by atoms with Gasteiger partial charge in [-0.3, -0.25) is 4.79 Å². The average molecular weight is 373 g/mol. The van der Waals surface area contributed by atoms with Gasteiger partial charge in [0.2, 0.25) is 5.91 Å². The number of carbonyl (C=O) groups is 1. The molecule has 7 nitrogen and oxygen atoms in total. The minimum absolute atomic E-state index is 0.0336. The lowest BCUT2D eigenvalue weighted by Crippen LogP contribution is -2.61. The molecule has 2 unspecified atom stereocenters. The van der Waals surface area contributed by atoms with Crippen molar-refractivity contribution in [2.24, 2.45) is 23.5 Å². The topological polar surface area (TPSA) is 109 Å². The average Bonchev–Trinajstić information content (AvgIpc) is 3.05. The molecular weight excluding hydrogens is 352 g/mol. The van der Waals surface area contributed by atoms with Crippen LogP contribution in [0.15, 0.2) is 18.3 Å². The van der Waals surface area contributed by atoms with Crippen LogP contribution < -0.4 is 16.4 Å². The number of nitrogens with zero attached hydrogens (tertiary/aromatic N) is 2. The summed E-state index contributed by atoms with van der Waals surface area (Å²) in [5.41, 5.74) is 7.80. The molecule has 1 saturated heterocycles. The lowest BCUT2D eigenvalue weighted by atomic mass is 9.54. The lowest BCUT2D eigenvalue weighted by molar-refractivity contribution is -0.129. The Morgan fingerprint density at radius 3 is 2.88 bits per heavy atom. The monoisotopic (exact) mass is 372 g/mol. The summed E-state index contributed by atoms with van der Waals surface area (Å²) in [5.74, 6) is 1.41. The number of nitrogens with two attached hydrogens (primary N) is 1. The van der Waals surface area contributed by atoms with Crippen LogP contribution in [0, 0.1) is 17.8 Å². The van der Waals surface area contributed by atoms with Crippen LogP contribution in [0.1, 0.15) is 24.6 Å². The van der Waals surface area contributed by atoms with E-state index in [0.717, 1.165) is 43.0 Å². The highest BCUT2D eigenvalue weighted by atomic mass is 35.5. The molecule has 2 aromatic rings. The first-order valence-electron chi connectivity index (χ1n) is 9.12. The number of pyridine rings is 1. The molecule has 0 spiro atoms. The number of allylic oxidation sites excluding steroid dienone is 1. The molecule has 1 amide bonds. The molecule has 0 radical (unpaired) electrons. The number of H-pyrrole nitrogens is 1. The minimum atomic E-state index is -0.270. The minimum Gasteiger partial charge on any atom is -0.378 e. The van der Waals surface area contributed by atoms with Crippen LogP contribution in [-0.2, 0) is 4.79 Å². The number of anilines is 1. The molecule has 0 aromatic carbocycles. The third-order valence-electron chi connectivity index (χ3n) is 6.03. The van der Waals surface area contributed by atoms with Gasteiger partial charge in [-0.15, -0.1) is 0 Å². The highest BCUT2D eigenvalue weighted by molar-refractivity contribution is 6.34. The van der Waals surface area contributed by atoms with Crippen molar-refractivity contribution in [3.05, 3.63) is 29.2 Å². The summed E-state index contributed by atoms with van der Waals surface area (Å²) >= 11 is 6.43. The maximum atomic E-state index is 11.8. The lowest BCUT2D eigenvalue weighted by Gasteiger charge is -2.53. The van der Waals surface area contributed by atoms with Crippen LogP contribution in [0.25, 0.3) is 11.2 Å². The number of fused-ring (bicyclic) bond motifs is 2. The molecule has 136 valence electrons. The molecule has 2 aromatic heterocycles. The van der Waals surface area contributed by atoms with Crippen LogP contribution in [0.4, 0.5) is 5.69 Å². The van der Waals surface area contributed by atoms with E-state index >= 15 is 0 Å². The first-order chi connectivity index (χ1) is 12.6. The van der Waals surface area contributed by atoms with Crippen molar-refractivity contribution >= 4 is 34.4 Å². The molecule has 2 fully saturated rings. The van der Waals surface area contributed by atoms with Gasteiger partial charge in [-0.2, -0.15) is 0 Å². The van der Waals surface area contributed by atoms with E-state index in [1.807, 2.05) is 0 Å². The predicted molar refractivity (Wildman–Crippen MR) is 100.0 cm³/mol. The van der Waals surface area contributed by atoms with E-state index in [-0.39, 0.29) is 23.8 Å². The Kier molecular flexibility index (Phi) is 3.68. The maximum absolute atomic E-state index is 11.8.